The fourth-order valence-electron chi connectivity index (χ4n) is 3.24. The number of aromatic amines is 1. The second-order valence-electron chi connectivity index (χ2n) is 6.01. The summed E-state index contributed by atoms with van der Waals surface area (Å²) in [7, 11) is 1.79. The van der Waals surface area contributed by atoms with Crippen LogP contribution < -0.4 is 5.56 Å². The third kappa shape index (κ3) is 2.44. The Bertz CT molecular complexity index is 908. The molecule has 0 saturated carbocycles. The van der Waals surface area contributed by atoms with E-state index in [1.807, 2.05) is 13.0 Å². The fraction of sp³-hybridized carbons (Fsp3) is 0.467. The molecular formula is C15H18N6O2. The Morgan fingerprint density at radius 2 is 2.35 bits per heavy atom. The largest absolute Gasteiger partial charge is 0.361 e. The molecule has 3 aromatic rings. The Balaban J connectivity index is 1.64. The van der Waals surface area contributed by atoms with Crippen LogP contribution >= 0.6 is 0 Å². The molecule has 0 unspecified atom stereocenters. The van der Waals surface area contributed by atoms with Crippen molar-refractivity contribution in [3.8, 4) is 0 Å². The van der Waals surface area contributed by atoms with Gasteiger partial charge in [0.2, 0.25) is 0 Å². The molecule has 1 aliphatic rings. The summed E-state index contributed by atoms with van der Waals surface area (Å²) in [6.45, 7) is 3.42. The van der Waals surface area contributed by atoms with Gasteiger partial charge in [0, 0.05) is 13.1 Å². The van der Waals surface area contributed by atoms with Gasteiger partial charge < -0.3 is 9.51 Å². The van der Waals surface area contributed by atoms with Gasteiger partial charge in [0.05, 0.1) is 18.8 Å². The van der Waals surface area contributed by atoms with Gasteiger partial charge in [-0.1, -0.05) is 5.16 Å². The van der Waals surface area contributed by atoms with Crippen molar-refractivity contribution in [2.45, 2.75) is 32.4 Å². The van der Waals surface area contributed by atoms with Crippen molar-refractivity contribution < 1.29 is 4.52 Å². The fourth-order valence-corrected chi connectivity index (χ4v) is 3.24. The average molecular weight is 314 g/mol. The van der Waals surface area contributed by atoms with Gasteiger partial charge in [-0.25, -0.2) is 4.98 Å². The summed E-state index contributed by atoms with van der Waals surface area (Å²) in [5.41, 5.74) is 1.41. The van der Waals surface area contributed by atoms with Crippen molar-refractivity contribution in [1.29, 1.82) is 0 Å². The highest BCUT2D eigenvalue weighted by Gasteiger charge is 2.29. The molecule has 1 fully saturated rings. The summed E-state index contributed by atoms with van der Waals surface area (Å²) in [6, 6.07) is 2.18. The van der Waals surface area contributed by atoms with Gasteiger partial charge >= 0.3 is 0 Å². The molecular weight excluding hydrogens is 296 g/mol. The highest BCUT2D eigenvalue weighted by molar-refractivity contribution is 5.72. The quantitative estimate of drug-likeness (QED) is 0.783. The van der Waals surface area contributed by atoms with E-state index in [1.165, 1.54) is 0 Å². The third-order valence-electron chi connectivity index (χ3n) is 4.35. The van der Waals surface area contributed by atoms with Crippen LogP contribution in [0.1, 0.15) is 36.2 Å². The first-order valence-corrected chi connectivity index (χ1v) is 7.70. The minimum atomic E-state index is -0.147. The van der Waals surface area contributed by atoms with Gasteiger partial charge in [0.1, 0.15) is 22.7 Å². The van der Waals surface area contributed by atoms with Gasteiger partial charge in [-0.15, -0.1) is 0 Å². The van der Waals surface area contributed by atoms with E-state index in [0.717, 1.165) is 30.8 Å². The molecule has 3 aromatic heterocycles. The van der Waals surface area contributed by atoms with E-state index in [9.17, 15) is 4.79 Å². The molecule has 8 nitrogen and oxygen atoms in total. The molecule has 8 heteroatoms. The van der Waals surface area contributed by atoms with Crippen LogP contribution in [0, 0.1) is 6.92 Å². The number of rotatable bonds is 3. The Morgan fingerprint density at radius 1 is 1.48 bits per heavy atom. The minimum absolute atomic E-state index is 0.147. The van der Waals surface area contributed by atoms with Crippen LogP contribution in [0.25, 0.3) is 11.0 Å². The summed E-state index contributed by atoms with van der Waals surface area (Å²) in [4.78, 5) is 21.8. The lowest BCUT2D eigenvalue weighted by Gasteiger charge is -2.21. The van der Waals surface area contributed by atoms with Crippen molar-refractivity contribution in [2.24, 2.45) is 7.05 Å². The maximum Gasteiger partial charge on any atom is 0.262 e. The summed E-state index contributed by atoms with van der Waals surface area (Å²) in [6.07, 6.45) is 3.67. The van der Waals surface area contributed by atoms with Gasteiger partial charge in [-0.2, -0.15) is 5.10 Å². The molecule has 4 rings (SSSR count). The lowest BCUT2D eigenvalue weighted by atomic mass is 10.1. The van der Waals surface area contributed by atoms with Gasteiger partial charge in [-0.3, -0.25) is 14.4 Å². The number of hydrogen-bond donors (Lipinski definition) is 1. The molecule has 0 aliphatic carbocycles. The van der Waals surface area contributed by atoms with Crippen LogP contribution in [0.5, 0.6) is 0 Å². The van der Waals surface area contributed by atoms with E-state index in [2.05, 4.69) is 25.1 Å². The standard InChI is InChI=1S/C15H18N6O2/c1-9-6-11(19-23-9)12-4-3-5-21(12)8-13-17-14-10(15(22)18-13)7-16-20(14)2/h6-7,12H,3-5,8H2,1-2H3,(H,17,18,22)/t12-/m0/s1. The molecule has 0 amide bonds. The van der Waals surface area contributed by atoms with Crippen molar-refractivity contribution in [2.75, 3.05) is 6.54 Å². The minimum Gasteiger partial charge on any atom is -0.361 e. The molecule has 1 N–H and O–H groups in total. The van der Waals surface area contributed by atoms with Crippen LogP contribution in [0.15, 0.2) is 21.6 Å². The molecule has 4 heterocycles. The predicted octanol–water partition coefficient (Wildman–Crippen LogP) is 1.29. The highest BCUT2D eigenvalue weighted by Crippen LogP contribution is 2.32. The first-order valence-electron chi connectivity index (χ1n) is 7.70. The van der Waals surface area contributed by atoms with Crippen LogP contribution in [0.4, 0.5) is 0 Å². The molecule has 120 valence electrons. The summed E-state index contributed by atoms with van der Waals surface area (Å²) in [5, 5.41) is 8.75. The number of H-pyrrole nitrogens is 1. The Kier molecular flexibility index (Phi) is 3.26. The number of aromatic nitrogens is 5. The topological polar surface area (TPSA) is 92.8 Å². The third-order valence-corrected chi connectivity index (χ3v) is 4.35. The summed E-state index contributed by atoms with van der Waals surface area (Å²) in [5.74, 6) is 1.47. The normalized spacial score (nSPS) is 19.0. The number of nitrogens with zero attached hydrogens (tertiary/aromatic N) is 5. The second-order valence-corrected chi connectivity index (χ2v) is 6.01. The number of fused-ring (bicyclic) bond motifs is 1. The highest BCUT2D eigenvalue weighted by atomic mass is 16.5. The number of hydrogen-bond acceptors (Lipinski definition) is 6. The lowest BCUT2D eigenvalue weighted by Crippen LogP contribution is -2.26. The number of nitrogens with one attached hydrogen (secondary N) is 1. The van der Waals surface area contributed by atoms with E-state index in [4.69, 9.17) is 4.52 Å². The molecule has 0 bridgehead atoms. The molecule has 1 saturated heterocycles. The van der Waals surface area contributed by atoms with E-state index in [0.29, 0.717) is 23.4 Å². The molecule has 0 aromatic carbocycles. The maximum absolute atomic E-state index is 12.1. The van der Waals surface area contributed by atoms with Crippen LogP contribution in [0.3, 0.4) is 0 Å². The lowest BCUT2D eigenvalue weighted by molar-refractivity contribution is 0.231. The van der Waals surface area contributed by atoms with Crippen molar-refractivity contribution in [3.63, 3.8) is 0 Å². The monoisotopic (exact) mass is 314 g/mol. The molecule has 0 radical (unpaired) electrons. The predicted molar refractivity (Wildman–Crippen MR) is 82.8 cm³/mol. The molecule has 0 spiro atoms. The van der Waals surface area contributed by atoms with Gasteiger partial charge in [0.25, 0.3) is 5.56 Å². The van der Waals surface area contributed by atoms with E-state index in [-0.39, 0.29) is 11.6 Å². The second kappa shape index (κ2) is 5.31. The summed E-state index contributed by atoms with van der Waals surface area (Å²) < 4.78 is 6.82. The Hall–Kier alpha value is -2.48. The maximum atomic E-state index is 12.1. The zero-order valence-electron chi connectivity index (χ0n) is 13.1. The number of aryl methyl sites for hydroxylation is 2. The van der Waals surface area contributed by atoms with Crippen LogP contribution in [-0.2, 0) is 13.6 Å². The zero-order chi connectivity index (χ0) is 16.0. The average Bonchev–Trinajstić information content (AvgIpc) is 3.21. The SMILES string of the molecule is Cc1cc([C@@H]2CCCN2Cc2nc3c(cnn3C)c(=O)[nH]2)no1. The van der Waals surface area contributed by atoms with Crippen molar-refractivity contribution >= 4 is 11.0 Å². The molecule has 23 heavy (non-hydrogen) atoms. The Morgan fingerprint density at radius 3 is 3.13 bits per heavy atom. The van der Waals surface area contributed by atoms with Gasteiger partial charge in [0.15, 0.2) is 5.65 Å². The first kappa shape index (κ1) is 14.1. The van der Waals surface area contributed by atoms with E-state index < -0.39 is 0 Å². The van der Waals surface area contributed by atoms with Gasteiger partial charge in [-0.05, 0) is 26.3 Å². The van der Waals surface area contributed by atoms with E-state index >= 15 is 0 Å². The van der Waals surface area contributed by atoms with E-state index in [1.54, 1.807) is 17.9 Å². The molecule has 1 aliphatic heterocycles. The first-order chi connectivity index (χ1) is 11.1. The van der Waals surface area contributed by atoms with Crippen LogP contribution in [0.2, 0.25) is 0 Å². The Labute approximate surface area is 132 Å². The zero-order valence-corrected chi connectivity index (χ0v) is 13.1. The molecule has 1 atom stereocenters. The van der Waals surface area contributed by atoms with Crippen LogP contribution in [-0.4, -0.2) is 36.3 Å². The smallest absolute Gasteiger partial charge is 0.262 e. The van der Waals surface area contributed by atoms with Crippen molar-refractivity contribution in [1.82, 2.24) is 29.8 Å². The number of likely N-dealkylation sites (tertiary alicyclic amines) is 1. The summed E-state index contributed by atoms with van der Waals surface area (Å²) >= 11 is 0. The van der Waals surface area contributed by atoms with Crippen molar-refractivity contribution in [3.05, 3.63) is 39.9 Å².